The Morgan fingerprint density at radius 2 is 2.00 bits per heavy atom. The van der Waals surface area contributed by atoms with Crippen LogP contribution in [-0.4, -0.2) is 64.0 Å². The number of benzene rings is 1. The molecule has 2 saturated heterocycles. The lowest BCUT2D eigenvalue weighted by Gasteiger charge is -2.40. The SMILES string of the molecule is CC(C)n1cc2cccc(C(=O)CCC3(O)CCN(CC4CCOCC4)CC3)c2n1. The first-order valence-corrected chi connectivity index (χ1v) is 11.5. The number of carbonyl (C=O) groups excluding carboxylic acids is 1. The number of carbonyl (C=O) groups is 1. The normalized spacial score (nSPS) is 20.8. The van der Waals surface area contributed by atoms with Crippen molar-refractivity contribution in [1.82, 2.24) is 14.7 Å². The van der Waals surface area contributed by atoms with E-state index in [2.05, 4.69) is 23.8 Å². The fourth-order valence-corrected chi connectivity index (χ4v) is 4.73. The molecule has 0 atom stereocenters. The molecule has 0 amide bonds. The second kappa shape index (κ2) is 9.16. The molecule has 6 nitrogen and oxygen atoms in total. The highest BCUT2D eigenvalue weighted by Gasteiger charge is 2.33. The lowest BCUT2D eigenvalue weighted by atomic mass is 9.85. The molecule has 1 aromatic heterocycles. The number of ketones is 1. The Kier molecular flexibility index (Phi) is 6.56. The van der Waals surface area contributed by atoms with Crippen LogP contribution in [0.15, 0.2) is 24.4 Å². The predicted octanol–water partition coefficient (Wildman–Crippen LogP) is 3.83. The zero-order valence-corrected chi connectivity index (χ0v) is 18.3. The number of aliphatic hydroxyl groups is 1. The summed E-state index contributed by atoms with van der Waals surface area (Å²) in [4.78, 5) is 15.4. The Labute approximate surface area is 179 Å². The van der Waals surface area contributed by atoms with Crippen LogP contribution in [0.5, 0.6) is 0 Å². The van der Waals surface area contributed by atoms with Crippen molar-refractivity contribution in [3.8, 4) is 0 Å². The minimum atomic E-state index is -0.729. The second-order valence-electron chi connectivity index (χ2n) is 9.45. The van der Waals surface area contributed by atoms with Gasteiger partial charge >= 0.3 is 0 Å². The van der Waals surface area contributed by atoms with Gasteiger partial charge in [0.05, 0.1) is 5.60 Å². The van der Waals surface area contributed by atoms with Crippen molar-refractivity contribution in [2.45, 2.75) is 64.0 Å². The number of rotatable bonds is 7. The molecule has 0 unspecified atom stereocenters. The van der Waals surface area contributed by atoms with Gasteiger partial charge in [0.2, 0.25) is 0 Å². The van der Waals surface area contributed by atoms with Gasteiger partial charge in [-0.05, 0) is 57.9 Å². The van der Waals surface area contributed by atoms with Crippen molar-refractivity contribution < 1.29 is 14.6 Å². The first-order chi connectivity index (χ1) is 14.4. The molecule has 0 saturated carbocycles. The van der Waals surface area contributed by atoms with Crippen molar-refractivity contribution in [3.63, 3.8) is 0 Å². The minimum absolute atomic E-state index is 0.0765. The topological polar surface area (TPSA) is 67.6 Å². The number of nitrogens with zero attached hydrogens (tertiary/aromatic N) is 3. The molecule has 0 aliphatic carbocycles. The molecule has 4 rings (SSSR count). The number of piperidine rings is 1. The molecule has 6 heteroatoms. The maximum absolute atomic E-state index is 13.0. The van der Waals surface area contributed by atoms with Gasteiger partial charge in [-0.15, -0.1) is 0 Å². The molecular weight excluding hydrogens is 378 g/mol. The summed E-state index contributed by atoms with van der Waals surface area (Å²) in [5.41, 5.74) is 0.717. The van der Waals surface area contributed by atoms with Crippen molar-refractivity contribution in [2.75, 3.05) is 32.8 Å². The van der Waals surface area contributed by atoms with Crippen molar-refractivity contribution in [1.29, 1.82) is 0 Å². The first-order valence-electron chi connectivity index (χ1n) is 11.5. The molecule has 3 heterocycles. The minimum Gasteiger partial charge on any atom is -0.390 e. The van der Waals surface area contributed by atoms with E-state index in [1.54, 1.807) is 0 Å². The molecule has 0 bridgehead atoms. The average Bonchev–Trinajstić information content (AvgIpc) is 3.20. The van der Waals surface area contributed by atoms with E-state index in [0.29, 0.717) is 18.4 Å². The molecule has 2 aliphatic heterocycles. The van der Waals surface area contributed by atoms with Crippen LogP contribution < -0.4 is 0 Å². The van der Waals surface area contributed by atoms with E-state index in [1.165, 1.54) is 0 Å². The smallest absolute Gasteiger partial charge is 0.165 e. The molecule has 164 valence electrons. The zero-order valence-electron chi connectivity index (χ0n) is 18.3. The standard InChI is InChI=1S/C24H35N3O3/c1-18(2)27-17-20-4-3-5-21(23(20)25-27)22(28)6-9-24(29)10-12-26(13-11-24)16-19-7-14-30-15-8-19/h3-5,17-19,29H,6-16H2,1-2H3. The predicted molar refractivity (Wildman–Crippen MR) is 118 cm³/mol. The summed E-state index contributed by atoms with van der Waals surface area (Å²) in [6.07, 6.45) is 6.67. The molecular formula is C24H35N3O3. The third-order valence-electron chi connectivity index (χ3n) is 6.85. The van der Waals surface area contributed by atoms with Crippen molar-refractivity contribution >= 4 is 16.7 Å². The largest absolute Gasteiger partial charge is 0.390 e. The fourth-order valence-electron chi connectivity index (χ4n) is 4.73. The van der Waals surface area contributed by atoms with Crippen LogP contribution in [0.4, 0.5) is 0 Å². The second-order valence-corrected chi connectivity index (χ2v) is 9.45. The van der Waals surface area contributed by atoms with Gasteiger partial charge in [-0.1, -0.05) is 12.1 Å². The quantitative estimate of drug-likeness (QED) is 0.699. The molecule has 0 radical (unpaired) electrons. The van der Waals surface area contributed by atoms with Gasteiger partial charge in [0.15, 0.2) is 5.78 Å². The van der Waals surface area contributed by atoms with Crippen LogP contribution in [0, 0.1) is 5.92 Å². The van der Waals surface area contributed by atoms with Crippen LogP contribution in [0.3, 0.4) is 0 Å². The first kappa shape index (κ1) is 21.5. The van der Waals surface area contributed by atoms with Gasteiger partial charge in [-0.3, -0.25) is 9.48 Å². The molecule has 1 aromatic carbocycles. The van der Waals surface area contributed by atoms with Gasteiger partial charge in [0, 0.05) is 62.5 Å². The average molecular weight is 414 g/mol. The molecule has 30 heavy (non-hydrogen) atoms. The highest BCUT2D eigenvalue weighted by Crippen LogP contribution is 2.30. The van der Waals surface area contributed by atoms with Crippen LogP contribution in [0.2, 0.25) is 0 Å². The van der Waals surface area contributed by atoms with Crippen LogP contribution in [0.25, 0.3) is 10.9 Å². The highest BCUT2D eigenvalue weighted by molar-refractivity contribution is 6.06. The summed E-state index contributed by atoms with van der Waals surface area (Å²) in [6.45, 7) is 8.86. The Bertz CT molecular complexity index is 862. The Morgan fingerprint density at radius 3 is 2.70 bits per heavy atom. The number of hydrogen-bond acceptors (Lipinski definition) is 5. The van der Waals surface area contributed by atoms with E-state index in [1.807, 2.05) is 29.1 Å². The monoisotopic (exact) mass is 413 g/mol. The number of Topliss-reactive ketones (excluding diaryl/α,β-unsaturated/α-hetero) is 1. The van der Waals surface area contributed by atoms with Crippen molar-refractivity contribution in [2.24, 2.45) is 5.92 Å². The maximum atomic E-state index is 13.0. The Morgan fingerprint density at radius 1 is 1.27 bits per heavy atom. The van der Waals surface area contributed by atoms with Gasteiger partial charge in [0.1, 0.15) is 5.52 Å². The summed E-state index contributed by atoms with van der Waals surface area (Å²) >= 11 is 0. The Hall–Kier alpha value is -1.76. The third kappa shape index (κ3) is 4.93. The van der Waals surface area contributed by atoms with E-state index in [4.69, 9.17) is 4.74 Å². The number of fused-ring (bicyclic) bond motifs is 1. The summed E-state index contributed by atoms with van der Waals surface area (Å²) in [7, 11) is 0. The van der Waals surface area contributed by atoms with Gasteiger partial charge < -0.3 is 14.7 Å². The molecule has 2 aromatic rings. The summed E-state index contributed by atoms with van der Waals surface area (Å²) in [5, 5.41) is 16.7. The lowest BCUT2D eigenvalue weighted by Crippen LogP contribution is -2.46. The number of aromatic nitrogens is 2. The molecule has 2 aliphatic rings. The van der Waals surface area contributed by atoms with Crippen molar-refractivity contribution in [3.05, 3.63) is 30.0 Å². The fraction of sp³-hybridized carbons (Fsp3) is 0.667. The van der Waals surface area contributed by atoms with Gasteiger partial charge in [-0.25, -0.2) is 0 Å². The van der Waals surface area contributed by atoms with Gasteiger partial charge in [0.25, 0.3) is 0 Å². The third-order valence-corrected chi connectivity index (χ3v) is 6.85. The van der Waals surface area contributed by atoms with Crippen LogP contribution in [-0.2, 0) is 4.74 Å². The summed E-state index contributed by atoms with van der Waals surface area (Å²) < 4.78 is 7.36. The zero-order chi connectivity index (χ0) is 21.1. The van der Waals surface area contributed by atoms with Crippen LogP contribution in [0.1, 0.15) is 68.8 Å². The van der Waals surface area contributed by atoms with Crippen LogP contribution >= 0.6 is 0 Å². The van der Waals surface area contributed by atoms with E-state index < -0.39 is 5.60 Å². The number of ether oxygens (including phenoxy) is 1. The van der Waals surface area contributed by atoms with E-state index >= 15 is 0 Å². The van der Waals surface area contributed by atoms with Gasteiger partial charge in [-0.2, -0.15) is 5.10 Å². The number of likely N-dealkylation sites (tertiary alicyclic amines) is 1. The van der Waals surface area contributed by atoms with E-state index in [-0.39, 0.29) is 11.8 Å². The summed E-state index contributed by atoms with van der Waals surface area (Å²) in [6, 6.07) is 6.04. The highest BCUT2D eigenvalue weighted by atomic mass is 16.5. The molecule has 2 fully saturated rings. The molecule has 1 N–H and O–H groups in total. The van der Waals surface area contributed by atoms with E-state index in [0.717, 1.165) is 75.4 Å². The maximum Gasteiger partial charge on any atom is 0.165 e. The van der Waals surface area contributed by atoms with E-state index in [9.17, 15) is 9.90 Å². The number of hydrogen-bond donors (Lipinski definition) is 1. The Balaban J connectivity index is 1.32. The molecule has 0 spiro atoms. The lowest BCUT2D eigenvalue weighted by molar-refractivity contribution is -0.0350. The summed E-state index contributed by atoms with van der Waals surface area (Å²) in [5.74, 6) is 0.797.